The van der Waals surface area contributed by atoms with Gasteiger partial charge in [0.1, 0.15) is 11.5 Å². The minimum absolute atomic E-state index is 0.0172. The second-order valence-electron chi connectivity index (χ2n) is 9.49. The van der Waals surface area contributed by atoms with Crippen molar-refractivity contribution < 1.29 is 23.9 Å². The Morgan fingerprint density at radius 2 is 1.03 bits per heavy atom. The van der Waals surface area contributed by atoms with Crippen LogP contribution in [-0.4, -0.2) is 17.7 Å². The maximum absolute atomic E-state index is 13.3. The summed E-state index contributed by atoms with van der Waals surface area (Å²) in [5.74, 6) is -1.26. The van der Waals surface area contributed by atoms with Crippen LogP contribution in [0, 0.1) is 41.5 Å². The first kappa shape index (κ1) is 26.6. The zero-order chi connectivity index (χ0) is 27.6. The van der Waals surface area contributed by atoms with Gasteiger partial charge in [-0.25, -0.2) is 9.59 Å². The first-order chi connectivity index (χ1) is 18.1. The smallest absolute Gasteiger partial charge is 0.343 e. The van der Waals surface area contributed by atoms with Crippen molar-refractivity contribution in [2.75, 3.05) is 0 Å². The molecule has 0 spiro atoms. The van der Waals surface area contributed by atoms with Crippen molar-refractivity contribution >= 4 is 17.7 Å². The van der Waals surface area contributed by atoms with E-state index >= 15 is 0 Å². The molecular formula is C33H30O5. The Morgan fingerprint density at radius 3 is 1.58 bits per heavy atom. The van der Waals surface area contributed by atoms with E-state index in [1.54, 1.807) is 36.4 Å². The quantitative estimate of drug-likeness (QED) is 0.157. The van der Waals surface area contributed by atoms with Crippen molar-refractivity contribution in [3.05, 3.63) is 128 Å². The molecule has 4 aromatic carbocycles. The van der Waals surface area contributed by atoms with Crippen LogP contribution in [0.1, 0.15) is 70.0 Å². The number of benzene rings is 4. The highest BCUT2D eigenvalue weighted by molar-refractivity contribution is 6.11. The molecule has 38 heavy (non-hydrogen) atoms. The van der Waals surface area contributed by atoms with Gasteiger partial charge in [0.05, 0.1) is 16.7 Å². The summed E-state index contributed by atoms with van der Waals surface area (Å²) in [6.07, 6.45) is 0. The predicted octanol–water partition coefficient (Wildman–Crippen LogP) is 7.21. The zero-order valence-electron chi connectivity index (χ0n) is 22.5. The van der Waals surface area contributed by atoms with Crippen LogP contribution >= 0.6 is 0 Å². The Labute approximate surface area is 223 Å². The lowest BCUT2D eigenvalue weighted by Gasteiger charge is -2.15. The molecule has 0 aliphatic rings. The summed E-state index contributed by atoms with van der Waals surface area (Å²) in [5, 5.41) is 0. The highest BCUT2D eigenvalue weighted by Gasteiger charge is 2.22. The van der Waals surface area contributed by atoms with Gasteiger partial charge < -0.3 is 9.47 Å². The Balaban J connectivity index is 1.72. The van der Waals surface area contributed by atoms with Gasteiger partial charge in [0.25, 0.3) is 0 Å². The van der Waals surface area contributed by atoms with E-state index in [1.165, 1.54) is 18.2 Å². The van der Waals surface area contributed by atoms with Crippen molar-refractivity contribution in [2.24, 2.45) is 0 Å². The second kappa shape index (κ2) is 10.9. The lowest BCUT2D eigenvalue weighted by atomic mass is 9.99. The maximum atomic E-state index is 13.3. The molecule has 0 aliphatic heterocycles. The van der Waals surface area contributed by atoms with Crippen molar-refractivity contribution in [2.45, 2.75) is 41.5 Å². The molecule has 0 aliphatic carbocycles. The summed E-state index contributed by atoms with van der Waals surface area (Å²) in [7, 11) is 0. The lowest BCUT2D eigenvalue weighted by Crippen LogP contribution is -2.15. The van der Waals surface area contributed by atoms with E-state index in [-0.39, 0.29) is 22.8 Å². The number of ketones is 1. The third-order valence-corrected chi connectivity index (χ3v) is 7.20. The molecule has 0 saturated heterocycles. The van der Waals surface area contributed by atoms with E-state index < -0.39 is 11.9 Å². The number of hydrogen-bond acceptors (Lipinski definition) is 5. The molecule has 0 bridgehead atoms. The monoisotopic (exact) mass is 506 g/mol. The zero-order valence-corrected chi connectivity index (χ0v) is 22.5. The first-order valence-electron chi connectivity index (χ1n) is 12.4. The first-order valence-corrected chi connectivity index (χ1v) is 12.4. The summed E-state index contributed by atoms with van der Waals surface area (Å²) < 4.78 is 11.4. The van der Waals surface area contributed by atoms with Crippen LogP contribution in [0.2, 0.25) is 0 Å². The fourth-order valence-corrected chi connectivity index (χ4v) is 4.25. The van der Waals surface area contributed by atoms with Crippen LogP contribution in [0.5, 0.6) is 11.5 Å². The highest BCUT2D eigenvalue weighted by atomic mass is 16.5. The largest absolute Gasteiger partial charge is 0.423 e. The van der Waals surface area contributed by atoms with Crippen LogP contribution < -0.4 is 9.47 Å². The molecule has 192 valence electrons. The van der Waals surface area contributed by atoms with Crippen LogP contribution in [0.4, 0.5) is 0 Å². The lowest BCUT2D eigenvalue weighted by molar-refractivity contribution is 0.0731. The Hall–Kier alpha value is -4.51. The van der Waals surface area contributed by atoms with Crippen LogP contribution in [0.25, 0.3) is 0 Å². The minimum atomic E-state index is -0.596. The molecule has 4 rings (SSSR count). The Morgan fingerprint density at radius 1 is 0.526 bits per heavy atom. The van der Waals surface area contributed by atoms with Gasteiger partial charge in [-0.3, -0.25) is 4.79 Å². The second-order valence-corrected chi connectivity index (χ2v) is 9.49. The van der Waals surface area contributed by atoms with Gasteiger partial charge in [0, 0.05) is 11.6 Å². The third-order valence-electron chi connectivity index (χ3n) is 7.20. The summed E-state index contributed by atoms with van der Waals surface area (Å²) in [6, 6.07) is 20.4. The standard InChI is InChI=1S/C33H30O5/c1-19-12-15-27(23(5)21(19)3)32(35)37-26-14-17-29(31(34)25-10-8-7-9-11-25)30(18-26)38-33(36)28-16-13-20(2)22(4)24(28)6/h7-18H,1-6H3. The molecule has 0 fully saturated rings. The summed E-state index contributed by atoms with van der Waals surface area (Å²) >= 11 is 0. The maximum Gasteiger partial charge on any atom is 0.343 e. The fraction of sp³-hybridized carbons (Fsp3) is 0.182. The molecule has 0 unspecified atom stereocenters. The van der Waals surface area contributed by atoms with Crippen LogP contribution in [0.15, 0.2) is 72.8 Å². The summed E-state index contributed by atoms with van der Waals surface area (Å²) in [6.45, 7) is 11.6. The molecule has 0 heterocycles. The molecule has 0 aromatic heterocycles. The number of carbonyl (C=O) groups excluding carboxylic acids is 3. The summed E-state index contributed by atoms with van der Waals surface area (Å²) in [4.78, 5) is 39.6. The van der Waals surface area contributed by atoms with E-state index in [2.05, 4.69) is 0 Å². The number of aryl methyl sites for hydroxylation is 2. The van der Waals surface area contributed by atoms with Gasteiger partial charge in [0.2, 0.25) is 0 Å². The van der Waals surface area contributed by atoms with Gasteiger partial charge in [-0.1, -0.05) is 42.5 Å². The van der Waals surface area contributed by atoms with Gasteiger partial charge in [0.15, 0.2) is 5.78 Å². The van der Waals surface area contributed by atoms with Crippen molar-refractivity contribution in [3.63, 3.8) is 0 Å². The highest BCUT2D eigenvalue weighted by Crippen LogP contribution is 2.30. The average Bonchev–Trinajstić information content (AvgIpc) is 2.90. The molecule has 0 amide bonds. The molecule has 5 nitrogen and oxygen atoms in total. The molecule has 0 radical (unpaired) electrons. The van der Waals surface area contributed by atoms with Crippen molar-refractivity contribution in [1.29, 1.82) is 0 Å². The Bertz CT molecular complexity index is 1560. The molecule has 4 aromatic rings. The molecule has 0 N–H and O–H groups in total. The fourth-order valence-electron chi connectivity index (χ4n) is 4.25. The summed E-state index contributed by atoms with van der Waals surface area (Å²) in [5.41, 5.74) is 7.28. The third kappa shape index (κ3) is 5.28. The van der Waals surface area contributed by atoms with Crippen molar-refractivity contribution in [3.8, 4) is 11.5 Å². The van der Waals surface area contributed by atoms with E-state index in [0.29, 0.717) is 16.7 Å². The normalized spacial score (nSPS) is 10.7. The SMILES string of the molecule is Cc1ccc(C(=O)Oc2ccc(C(=O)c3ccccc3)c(OC(=O)c3ccc(C)c(C)c3C)c2)c(C)c1C. The van der Waals surface area contributed by atoms with Crippen LogP contribution in [0.3, 0.4) is 0 Å². The van der Waals surface area contributed by atoms with Crippen molar-refractivity contribution in [1.82, 2.24) is 0 Å². The van der Waals surface area contributed by atoms with E-state index in [0.717, 1.165) is 33.4 Å². The number of rotatable bonds is 6. The van der Waals surface area contributed by atoms with Crippen LogP contribution in [-0.2, 0) is 0 Å². The molecule has 0 atom stereocenters. The van der Waals surface area contributed by atoms with E-state index in [4.69, 9.17) is 9.47 Å². The predicted molar refractivity (Wildman–Crippen MR) is 148 cm³/mol. The average molecular weight is 507 g/mol. The van der Waals surface area contributed by atoms with Gasteiger partial charge in [-0.2, -0.15) is 0 Å². The van der Waals surface area contributed by atoms with Gasteiger partial charge in [-0.15, -0.1) is 0 Å². The van der Waals surface area contributed by atoms with E-state index in [1.807, 2.05) is 59.7 Å². The topological polar surface area (TPSA) is 69.7 Å². The minimum Gasteiger partial charge on any atom is -0.423 e. The molecular weight excluding hydrogens is 476 g/mol. The molecule has 0 saturated carbocycles. The number of esters is 2. The number of carbonyl (C=O) groups is 3. The van der Waals surface area contributed by atoms with Gasteiger partial charge in [-0.05, 0) is 99.2 Å². The molecule has 5 heteroatoms. The number of ether oxygens (including phenoxy) is 2. The van der Waals surface area contributed by atoms with E-state index in [9.17, 15) is 14.4 Å². The Kier molecular flexibility index (Phi) is 7.58. The number of hydrogen-bond donors (Lipinski definition) is 0. The van der Waals surface area contributed by atoms with Gasteiger partial charge >= 0.3 is 11.9 Å².